The van der Waals surface area contributed by atoms with E-state index in [4.69, 9.17) is 0 Å². The van der Waals surface area contributed by atoms with Crippen LogP contribution in [0.2, 0.25) is 0 Å². The van der Waals surface area contributed by atoms with E-state index in [0.717, 1.165) is 16.1 Å². The molecule has 0 aliphatic carbocycles. The van der Waals surface area contributed by atoms with Gasteiger partial charge in [0.2, 0.25) is 5.91 Å². The number of fused-ring (bicyclic) bond motifs is 1. The Morgan fingerprint density at radius 3 is 2.78 bits per heavy atom. The van der Waals surface area contributed by atoms with E-state index >= 15 is 0 Å². The minimum atomic E-state index is -0.281. The van der Waals surface area contributed by atoms with Crippen molar-refractivity contribution in [2.45, 2.75) is 23.6 Å². The van der Waals surface area contributed by atoms with Gasteiger partial charge in [-0.3, -0.25) is 4.79 Å². The number of benzene rings is 2. The van der Waals surface area contributed by atoms with Crippen molar-refractivity contribution in [1.29, 1.82) is 0 Å². The van der Waals surface area contributed by atoms with Gasteiger partial charge in [0.1, 0.15) is 0 Å². The van der Waals surface area contributed by atoms with Crippen LogP contribution < -0.4 is 16.0 Å². The molecule has 1 aliphatic rings. The van der Waals surface area contributed by atoms with Crippen LogP contribution in [0.4, 0.5) is 16.2 Å². The number of nitrogens with one attached hydrogen (secondary N) is 3. The summed E-state index contributed by atoms with van der Waals surface area (Å²) < 4.78 is 0. The highest BCUT2D eigenvalue weighted by Crippen LogP contribution is 2.36. The van der Waals surface area contributed by atoms with E-state index in [-0.39, 0.29) is 17.2 Å². The maximum Gasteiger partial charge on any atom is 0.319 e. The molecule has 23 heavy (non-hydrogen) atoms. The fraction of sp³-hybridized carbons (Fsp3) is 0.176. The normalized spacial score (nSPS) is 16.2. The van der Waals surface area contributed by atoms with Gasteiger partial charge >= 0.3 is 6.03 Å². The molecule has 1 atom stereocenters. The first-order valence-electron chi connectivity index (χ1n) is 7.32. The van der Waals surface area contributed by atoms with Crippen molar-refractivity contribution in [3.63, 3.8) is 0 Å². The molecule has 3 N–H and O–H groups in total. The highest BCUT2D eigenvalue weighted by Gasteiger charge is 2.23. The summed E-state index contributed by atoms with van der Waals surface area (Å²) in [5.74, 6) is -0.0202. The van der Waals surface area contributed by atoms with Gasteiger partial charge in [0, 0.05) is 17.1 Å². The number of carbonyl (C=O) groups excluding carboxylic acids is 2. The molecule has 5 nitrogen and oxygen atoms in total. The van der Waals surface area contributed by atoms with Gasteiger partial charge in [0.25, 0.3) is 0 Å². The zero-order valence-corrected chi connectivity index (χ0v) is 13.4. The molecule has 2 aromatic carbocycles. The Kier molecular flexibility index (Phi) is 4.52. The van der Waals surface area contributed by atoms with Crippen molar-refractivity contribution < 1.29 is 9.59 Å². The highest BCUT2D eigenvalue weighted by atomic mass is 32.2. The van der Waals surface area contributed by atoms with E-state index in [9.17, 15) is 9.59 Å². The molecule has 1 aliphatic heterocycles. The molecule has 118 valence electrons. The maximum absolute atomic E-state index is 12.0. The van der Waals surface area contributed by atoms with Crippen molar-refractivity contribution in [3.8, 4) is 0 Å². The zero-order chi connectivity index (χ0) is 16.2. The van der Waals surface area contributed by atoms with Crippen LogP contribution in [0.15, 0.2) is 53.4 Å². The summed E-state index contributed by atoms with van der Waals surface area (Å²) in [4.78, 5) is 24.7. The summed E-state index contributed by atoms with van der Waals surface area (Å²) in [6, 6.07) is 14.9. The van der Waals surface area contributed by atoms with Gasteiger partial charge in [-0.05, 0) is 30.7 Å². The summed E-state index contributed by atoms with van der Waals surface area (Å²) >= 11 is 1.51. The average molecular weight is 327 g/mol. The van der Waals surface area contributed by atoms with Crippen LogP contribution in [0.3, 0.4) is 0 Å². The van der Waals surface area contributed by atoms with Gasteiger partial charge in [-0.2, -0.15) is 0 Å². The molecule has 0 saturated heterocycles. The van der Waals surface area contributed by atoms with Crippen molar-refractivity contribution in [2.24, 2.45) is 0 Å². The van der Waals surface area contributed by atoms with E-state index in [1.54, 1.807) is 6.07 Å². The number of anilines is 2. The van der Waals surface area contributed by atoms with Crippen molar-refractivity contribution in [1.82, 2.24) is 5.32 Å². The number of hydrogen-bond donors (Lipinski definition) is 3. The summed E-state index contributed by atoms with van der Waals surface area (Å²) in [6.07, 6.45) is 0. The van der Waals surface area contributed by atoms with Crippen molar-refractivity contribution in [3.05, 3.63) is 54.1 Å². The SMILES string of the molecule is CC1Sc2ccc(NC(=O)NCc3ccccc3)cc2NC1=O. The van der Waals surface area contributed by atoms with Gasteiger partial charge in [-0.1, -0.05) is 30.3 Å². The predicted octanol–water partition coefficient (Wildman–Crippen LogP) is 3.44. The van der Waals surface area contributed by atoms with Crippen molar-refractivity contribution in [2.75, 3.05) is 10.6 Å². The number of carbonyl (C=O) groups is 2. The number of urea groups is 1. The fourth-order valence-electron chi connectivity index (χ4n) is 2.24. The van der Waals surface area contributed by atoms with E-state index in [1.165, 1.54) is 11.8 Å². The molecular weight excluding hydrogens is 310 g/mol. The Morgan fingerprint density at radius 2 is 2.00 bits per heavy atom. The molecule has 1 heterocycles. The molecule has 0 radical (unpaired) electrons. The monoisotopic (exact) mass is 327 g/mol. The standard InChI is InChI=1S/C17H17N3O2S/c1-11-16(21)20-14-9-13(7-8-15(14)23-11)19-17(22)18-10-12-5-3-2-4-6-12/h2-9,11H,10H2,1H3,(H,20,21)(H2,18,19,22). The van der Waals surface area contributed by atoms with E-state index in [1.807, 2.05) is 49.4 Å². The van der Waals surface area contributed by atoms with E-state index in [2.05, 4.69) is 16.0 Å². The number of amides is 3. The fourth-order valence-corrected chi connectivity index (χ4v) is 3.17. The average Bonchev–Trinajstić information content (AvgIpc) is 2.55. The van der Waals surface area contributed by atoms with Gasteiger partial charge in [0.15, 0.2) is 0 Å². The van der Waals surface area contributed by atoms with E-state index < -0.39 is 0 Å². The second-order valence-electron chi connectivity index (χ2n) is 5.25. The lowest BCUT2D eigenvalue weighted by atomic mass is 10.2. The summed E-state index contributed by atoms with van der Waals surface area (Å²) in [6.45, 7) is 2.33. The van der Waals surface area contributed by atoms with Gasteiger partial charge in [-0.25, -0.2) is 4.79 Å². The zero-order valence-electron chi connectivity index (χ0n) is 12.6. The lowest BCUT2D eigenvalue weighted by molar-refractivity contribution is -0.115. The smallest absolute Gasteiger partial charge is 0.319 e. The first-order valence-corrected chi connectivity index (χ1v) is 8.20. The molecule has 0 saturated carbocycles. The van der Waals surface area contributed by atoms with Gasteiger partial charge < -0.3 is 16.0 Å². The molecule has 0 bridgehead atoms. The van der Waals surface area contributed by atoms with Crippen LogP contribution >= 0.6 is 11.8 Å². The predicted molar refractivity (Wildman–Crippen MR) is 92.7 cm³/mol. The molecule has 0 spiro atoms. The first kappa shape index (κ1) is 15.4. The highest BCUT2D eigenvalue weighted by molar-refractivity contribution is 8.00. The molecule has 0 fully saturated rings. The number of thioether (sulfide) groups is 1. The molecule has 6 heteroatoms. The van der Waals surface area contributed by atoms with Crippen LogP contribution in [0.1, 0.15) is 12.5 Å². The quantitative estimate of drug-likeness (QED) is 0.809. The third-order valence-electron chi connectivity index (χ3n) is 3.46. The summed E-state index contributed by atoms with van der Waals surface area (Å²) in [7, 11) is 0. The molecule has 1 unspecified atom stereocenters. The van der Waals surface area contributed by atoms with Gasteiger partial charge in [0.05, 0.1) is 10.9 Å². The van der Waals surface area contributed by atoms with Crippen LogP contribution in [0.5, 0.6) is 0 Å². The first-order chi connectivity index (χ1) is 11.1. The number of rotatable bonds is 3. The minimum absolute atomic E-state index is 0.0202. The van der Waals surface area contributed by atoms with Crippen LogP contribution in [-0.4, -0.2) is 17.2 Å². The molecular formula is C17H17N3O2S. The largest absolute Gasteiger partial charge is 0.334 e. The van der Waals surface area contributed by atoms with Crippen molar-refractivity contribution >= 4 is 35.1 Å². The Hall–Kier alpha value is -2.47. The van der Waals surface area contributed by atoms with Crippen LogP contribution in [-0.2, 0) is 11.3 Å². The molecule has 3 rings (SSSR count). The Balaban J connectivity index is 1.61. The lowest BCUT2D eigenvalue weighted by Gasteiger charge is -2.22. The van der Waals surface area contributed by atoms with Crippen LogP contribution in [0, 0.1) is 0 Å². The summed E-state index contributed by atoms with van der Waals surface area (Å²) in [5, 5.41) is 8.33. The maximum atomic E-state index is 12.0. The minimum Gasteiger partial charge on any atom is -0.334 e. The number of hydrogen-bond acceptors (Lipinski definition) is 3. The third kappa shape index (κ3) is 3.84. The summed E-state index contributed by atoms with van der Waals surface area (Å²) in [5.41, 5.74) is 2.41. The second kappa shape index (κ2) is 6.75. The molecule has 3 amide bonds. The second-order valence-corrected chi connectivity index (χ2v) is 6.64. The Labute approximate surface area is 138 Å². The van der Waals surface area contributed by atoms with E-state index in [0.29, 0.717) is 12.2 Å². The Morgan fingerprint density at radius 1 is 1.22 bits per heavy atom. The lowest BCUT2D eigenvalue weighted by Crippen LogP contribution is -2.29. The molecule has 2 aromatic rings. The molecule has 0 aromatic heterocycles. The topological polar surface area (TPSA) is 70.2 Å². The third-order valence-corrected chi connectivity index (χ3v) is 4.64. The van der Waals surface area contributed by atoms with Gasteiger partial charge in [-0.15, -0.1) is 11.8 Å². The van der Waals surface area contributed by atoms with Crippen LogP contribution in [0.25, 0.3) is 0 Å². The Bertz CT molecular complexity index is 734.